The van der Waals surface area contributed by atoms with E-state index in [1.165, 1.54) is 6.42 Å². The summed E-state index contributed by atoms with van der Waals surface area (Å²) in [6.45, 7) is 6.57. The maximum atomic E-state index is 6.20. The Balaban J connectivity index is 2.14. The van der Waals surface area contributed by atoms with Crippen molar-refractivity contribution in [2.45, 2.75) is 52.2 Å². The molecule has 3 heteroatoms. The molecule has 1 aromatic carbocycles. The van der Waals surface area contributed by atoms with Crippen LogP contribution in [0.3, 0.4) is 0 Å². The van der Waals surface area contributed by atoms with Crippen molar-refractivity contribution in [1.82, 2.24) is 0 Å². The summed E-state index contributed by atoms with van der Waals surface area (Å²) in [6, 6.07) is 5.67. The van der Waals surface area contributed by atoms with Gasteiger partial charge >= 0.3 is 0 Å². The third-order valence-corrected chi connectivity index (χ3v) is 4.13. The van der Waals surface area contributed by atoms with E-state index in [1.54, 1.807) is 0 Å². The molecule has 19 heavy (non-hydrogen) atoms. The summed E-state index contributed by atoms with van der Waals surface area (Å²) < 4.78 is 6.20. The summed E-state index contributed by atoms with van der Waals surface area (Å²) >= 11 is 6.04. The Morgan fingerprint density at radius 3 is 2.42 bits per heavy atom. The summed E-state index contributed by atoms with van der Waals surface area (Å²) in [5.41, 5.74) is 7.00. The highest BCUT2D eigenvalue weighted by molar-refractivity contribution is 6.30. The van der Waals surface area contributed by atoms with Crippen LogP contribution in [0.5, 0.6) is 5.75 Å². The van der Waals surface area contributed by atoms with E-state index in [0.29, 0.717) is 11.1 Å². The largest absolute Gasteiger partial charge is 0.490 e. The van der Waals surface area contributed by atoms with Crippen LogP contribution in [0.15, 0.2) is 18.2 Å². The van der Waals surface area contributed by atoms with E-state index in [2.05, 4.69) is 13.8 Å². The third kappa shape index (κ3) is 3.87. The second-order valence-corrected chi connectivity index (χ2v) is 6.56. The van der Waals surface area contributed by atoms with Gasteiger partial charge < -0.3 is 10.5 Å². The number of hydrogen-bond donors (Lipinski definition) is 1. The number of halogens is 1. The van der Waals surface area contributed by atoms with E-state index in [4.69, 9.17) is 22.1 Å². The number of nitrogens with two attached hydrogens (primary N) is 1. The van der Waals surface area contributed by atoms with Crippen molar-refractivity contribution >= 4 is 11.6 Å². The molecular formula is C16H24ClNO. The van der Waals surface area contributed by atoms with Crippen LogP contribution < -0.4 is 10.5 Å². The maximum absolute atomic E-state index is 6.20. The maximum Gasteiger partial charge on any atom is 0.124 e. The lowest BCUT2D eigenvalue weighted by atomic mass is 9.82. The molecule has 1 aromatic rings. The molecule has 1 saturated carbocycles. The molecule has 0 amide bonds. The fourth-order valence-corrected chi connectivity index (χ4v) is 3.31. The summed E-state index contributed by atoms with van der Waals surface area (Å²) in [7, 11) is 0. The van der Waals surface area contributed by atoms with Crippen molar-refractivity contribution in [2.75, 3.05) is 0 Å². The van der Waals surface area contributed by atoms with Crippen LogP contribution in [0.2, 0.25) is 5.02 Å². The molecule has 0 saturated heterocycles. The standard InChI is InChI=1S/C16H24ClNO/c1-10-6-11(2)8-14(7-10)19-16-5-4-13(17)9-15(16)12(3)18/h4-5,9-12,14H,6-8,18H2,1-3H3/t10?,11?,12-,14?/m1/s1. The molecule has 106 valence electrons. The fraction of sp³-hybridized carbons (Fsp3) is 0.625. The Kier molecular flexibility index (Phi) is 4.75. The minimum Gasteiger partial charge on any atom is -0.490 e. The van der Waals surface area contributed by atoms with E-state index in [-0.39, 0.29) is 6.04 Å². The van der Waals surface area contributed by atoms with Crippen LogP contribution in [0.1, 0.15) is 51.6 Å². The lowest BCUT2D eigenvalue weighted by Gasteiger charge is -2.32. The molecule has 2 N–H and O–H groups in total. The van der Waals surface area contributed by atoms with Gasteiger partial charge in [0.05, 0.1) is 6.10 Å². The number of benzene rings is 1. The topological polar surface area (TPSA) is 35.2 Å². The first-order valence-electron chi connectivity index (χ1n) is 7.17. The van der Waals surface area contributed by atoms with Gasteiger partial charge in [-0.15, -0.1) is 0 Å². The molecular weight excluding hydrogens is 258 g/mol. The van der Waals surface area contributed by atoms with Gasteiger partial charge in [0, 0.05) is 16.6 Å². The van der Waals surface area contributed by atoms with Gasteiger partial charge in [-0.2, -0.15) is 0 Å². The van der Waals surface area contributed by atoms with E-state index >= 15 is 0 Å². The number of ether oxygens (including phenoxy) is 1. The normalized spacial score (nSPS) is 29.0. The van der Waals surface area contributed by atoms with Crippen molar-refractivity contribution in [3.05, 3.63) is 28.8 Å². The van der Waals surface area contributed by atoms with Crippen LogP contribution in [0, 0.1) is 11.8 Å². The van der Waals surface area contributed by atoms with Crippen molar-refractivity contribution in [1.29, 1.82) is 0 Å². The molecule has 0 bridgehead atoms. The number of hydrogen-bond acceptors (Lipinski definition) is 2. The third-order valence-electron chi connectivity index (χ3n) is 3.89. The monoisotopic (exact) mass is 281 g/mol. The average Bonchev–Trinajstić information content (AvgIpc) is 2.30. The molecule has 1 aliphatic rings. The second-order valence-electron chi connectivity index (χ2n) is 6.13. The first-order valence-corrected chi connectivity index (χ1v) is 7.55. The SMILES string of the molecule is CC1CC(C)CC(Oc2ccc(Cl)cc2[C@@H](C)N)C1. The molecule has 0 aliphatic heterocycles. The smallest absolute Gasteiger partial charge is 0.124 e. The molecule has 2 rings (SSSR count). The van der Waals surface area contributed by atoms with E-state index in [1.807, 2.05) is 25.1 Å². The van der Waals surface area contributed by atoms with E-state index in [0.717, 1.165) is 36.0 Å². The summed E-state index contributed by atoms with van der Waals surface area (Å²) in [5, 5.41) is 0.713. The van der Waals surface area contributed by atoms with Crippen molar-refractivity contribution in [3.63, 3.8) is 0 Å². The molecule has 0 radical (unpaired) electrons. The van der Waals surface area contributed by atoms with Gasteiger partial charge in [0.1, 0.15) is 5.75 Å². The van der Waals surface area contributed by atoms with Crippen LogP contribution in [0.4, 0.5) is 0 Å². The molecule has 0 aromatic heterocycles. The summed E-state index contributed by atoms with van der Waals surface area (Å²) in [4.78, 5) is 0. The van der Waals surface area contributed by atoms with Gasteiger partial charge in [-0.3, -0.25) is 0 Å². The van der Waals surface area contributed by atoms with Crippen LogP contribution in [-0.4, -0.2) is 6.10 Å². The Morgan fingerprint density at radius 1 is 1.21 bits per heavy atom. The van der Waals surface area contributed by atoms with Crippen LogP contribution >= 0.6 is 11.6 Å². The van der Waals surface area contributed by atoms with Crippen molar-refractivity contribution in [3.8, 4) is 5.75 Å². The van der Waals surface area contributed by atoms with Gasteiger partial charge in [0.15, 0.2) is 0 Å². The lowest BCUT2D eigenvalue weighted by molar-refractivity contribution is 0.0998. The first kappa shape index (κ1) is 14.7. The molecule has 3 atom stereocenters. The van der Waals surface area contributed by atoms with Gasteiger partial charge in [-0.25, -0.2) is 0 Å². The van der Waals surface area contributed by atoms with E-state index in [9.17, 15) is 0 Å². The summed E-state index contributed by atoms with van der Waals surface area (Å²) in [6.07, 6.45) is 3.87. The molecule has 2 nitrogen and oxygen atoms in total. The minimum atomic E-state index is -0.0628. The van der Waals surface area contributed by atoms with Crippen molar-refractivity contribution < 1.29 is 4.74 Å². The molecule has 0 spiro atoms. The Morgan fingerprint density at radius 2 is 1.84 bits per heavy atom. The Labute approximate surface area is 121 Å². The molecule has 1 aliphatic carbocycles. The average molecular weight is 282 g/mol. The predicted molar refractivity (Wildman–Crippen MR) is 80.6 cm³/mol. The van der Waals surface area contributed by atoms with Gasteiger partial charge in [-0.05, 0) is 56.2 Å². The quantitative estimate of drug-likeness (QED) is 0.881. The molecule has 1 fully saturated rings. The van der Waals surface area contributed by atoms with E-state index < -0.39 is 0 Å². The second kappa shape index (κ2) is 6.15. The lowest BCUT2D eigenvalue weighted by Crippen LogP contribution is -2.29. The highest BCUT2D eigenvalue weighted by Crippen LogP contribution is 2.34. The minimum absolute atomic E-state index is 0.0628. The highest BCUT2D eigenvalue weighted by atomic mass is 35.5. The van der Waals surface area contributed by atoms with Crippen LogP contribution in [-0.2, 0) is 0 Å². The highest BCUT2D eigenvalue weighted by Gasteiger charge is 2.26. The Bertz CT molecular complexity index is 423. The zero-order valence-corrected chi connectivity index (χ0v) is 12.8. The Hall–Kier alpha value is -0.730. The first-order chi connectivity index (χ1) is 8.95. The molecule has 0 heterocycles. The zero-order valence-electron chi connectivity index (χ0n) is 12.0. The number of rotatable bonds is 3. The zero-order chi connectivity index (χ0) is 14.0. The summed E-state index contributed by atoms with van der Waals surface area (Å²) in [5.74, 6) is 2.37. The fourth-order valence-electron chi connectivity index (χ4n) is 3.13. The van der Waals surface area contributed by atoms with Crippen LogP contribution in [0.25, 0.3) is 0 Å². The van der Waals surface area contributed by atoms with Gasteiger partial charge in [0.2, 0.25) is 0 Å². The van der Waals surface area contributed by atoms with Gasteiger partial charge in [0.25, 0.3) is 0 Å². The molecule has 2 unspecified atom stereocenters. The predicted octanol–water partition coefficient (Wildman–Crippen LogP) is 4.56. The van der Waals surface area contributed by atoms with Gasteiger partial charge in [-0.1, -0.05) is 25.4 Å². The van der Waals surface area contributed by atoms with Crippen molar-refractivity contribution in [2.24, 2.45) is 17.6 Å².